The lowest BCUT2D eigenvalue weighted by Crippen LogP contribution is -2.44. The van der Waals surface area contributed by atoms with E-state index in [1.165, 1.54) is 0 Å². The van der Waals surface area contributed by atoms with Crippen LogP contribution in [0.5, 0.6) is 0 Å². The van der Waals surface area contributed by atoms with Gasteiger partial charge in [0.05, 0.1) is 12.6 Å². The van der Waals surface area contributed by atoms with Gasteiger partial charge < -0.3 is 5.32 Å². The SMILES string of the molecule is CCC(C)CC(=O)NC1CCN(CC#N)CC1. The molecule has 0 saturated carbocycles. The van der Waals surface area contributed by atoms with Crippen molar-refractivity contribution in [2.45, 2.75) is 45.6 Å². The first-order chi connectivity index (χ1) is 8.15. The van der Waals surface area contributed by atoms with Crippen molar-refractivity contribution < 1.29 is 4.79 Å². The number of nitrogens with zero attached hydrogens (tertiary/aromatic N) is 2. The Labute approximate surface area is 104 Å². The molecule has 1 aliphatic rings. The molecule has 1 N–H and O–H groups in total. The van der Waals surface area contributed by atoms with Gasteiger partial charge in [-0.2, -0.15) is 5.26 Å². The zero-order chi connectivity index (χ0) is 12.7. The van der Waals surface area contributed by atoms with Crippen LogP contribution in [0.15, 0.2) is 0 Å². The smallest absolute Gasteiger partial charge is 0.220 e. The van der Waals surface area contributed by atoms with E-state index in [-0.39, 0.29) is 5.91 Å². The van der Waals surface area contributed by atoms with Crippen LogP contribution in [0.1, 0.15) is 39.5 Å². The van der Waals surface area contributed by atoms with Crippen molar-refractivity contribution in [3.8, 4) is 6.07 Å². The number of rotatable bonds is 5. The summed E-state index contributed by atoms with van der Waals surface area (Å²) in [5, 5.41) is 11.7. The summed E-state index contributed by atoms with van der Waals surface area (Å²) in [4.78, 5) is 13.8. The topological polar surface area (TPSA) is 56.1 Å². The molecular weight excluding hydrogens is 214 g/mol. The van der Waals surface area contributed by atoms with Gasteiger partial charge in [-0.05, 0) is 18.8 Å². The number of nitriles is 1. The van der Waals surface area contributed by atoms with Gasteiger partial charge in [0.25, 0.3) is 0 Å². The van der Waals surface area contributed by atoms with Crippen LogP contribution in [-0.4, -0.2) is 36.5 Å². The second-order valence-electron chi connectivity index (χ2n) is 4.99. The van der Waals surface area contributed by atoms with Gasteiger partial charge in [0.1, 0.15) is 0 Å². The monoisotopic (exact) mass is 237 g/mol. The zero-order valence-electron chi connectivity index (χ0n) is 10.9. The zero-order valence-corrected chi connectivity index (χ0v) is 10.9. The molecule has 4 nitrogen and oxygen atoms in total. The first-order valence-corrected chi connectivity index (χ1v) is 6.54. The normalized spacial score (nSPS) is 19.6. The van der Waals surface area contributed by atoms with E-state index in [1.807, 2.05) is 0 Å². The summed E-state index contributed by atoms with van der Waals surface area (Å²) >= 11 is 0. The van der Waals surface area contributed by atoms with E-state index in [4.69, 9.17) is 5.26 Å². The highest BCUT2D eigenvalue weighted by Gasteiger charge is 2.20. The number of piperidine rings is 1. The van der Waals surface area contributed by atoms with Gasteiger partial charge in [0.15, 0.2) is 0 Å². The van der Waals surface area contributed by atoms with Crippen molar-refractivity contribution in [1.82, 2.24) is 10.2 Å². The average Bonchev–Trinajstić information content (AvgIpc) is 2.31. The van der Waals surface area contributed by atoms with Crippen LogP contribution in [-0.2, 0) is 4.79 Å². The summed E-state index contributed by atoms with van der Waals surface area (Å²) in [5.74, 6) is 0.645. The molecule has 0 bridgehead atoms. The summed E-state index contributed by atoms with van der Waals surface area (Å²) in [6.07, 6.45) is 3.62. The minimum atomic E-state index is 0.179. The van der Waals surface area contributed by atoms with Crippen molar-refractivity contribution >= 4 is 5.91 Å². The average molecular weight is 237 g/mol. The highest BCUT2D eigenvalue weighted by molar-refractivity contribution is 5.76. The Morgan fingerprint density at radius 1 is 1.53 bits per heavy atom. The predicted octanol–water partition coefficient (Wildman–Crippen LogP) is 1.53. The summed E-state index contributed by atoms with van der Waals surface area (Å²) in [7, 11) is 0. The first-order valence-electron chi connectivity index (χ1n) is 6.54. The number of hydrogen-bond acceptors (Lipinski definition) is 3. The lowest BCUT2D eigenvalue weighted by molar-refractivity contribution is -0.122. The maximum atomic E-state index is 11.7. The molecule has 0 spiro atoms. The Hall–Kier alpha value is -1.08. The largest absolute Gasteiger partial charge is 0.353 e. The summed E-state index contributed by atoms with van der Waals surface area (Å²) < 4.78 is 0. The first kappa shape index (κ1) is 14.0. The molecule has 1 fully saturated rings. The van der Waals surface area contributed by atoms with Gasteiger partial charge in [-0.15, -0.1) is 0 Å². The molecule has 1 saturated heterocycles. The molecule has 1 atom stereocenters. The standard InChI is InChI=1S/C13H23N3O/c1-3-11(2)10-13(17)15-12-4-7-16(8-5-12)9-6-14/h11-12H,3-5,7-10H2,1-2H3,(H,15,17). The Morgan fingerprint density at radius 2 is 2.18 bits per heavy atom. The van der Waals surface area contributed by atoms with Crippen molar-refractivity contribution in [2.75, 3.05) is 19.6 Å². The molecule has 1 aliphatic heterocycles. The second-order valence-corrected chi connectivity index (χ2v) is 4.99. The van der Waals surface area contributed by atoms with E-state index in [1.54, 1.807) is 0 Å². The van der Waals surface area contributed by atoms with Crippen molar-refractivity contribution in [3.05, 3.63) is 0 Å². The van der Waals surface area contributed by atoms with Crippen LogP contribution < -0.4 is 5.32 Å². The molecule has 4 heteroatoms. The fourth-order valence-electron chi connectivity index (χ4n) is 2.08. The van der Waals surface area contributed by atoms with Gasteiger partial charge >= 0.3 is 0 Å². The number of likely N-dealkylation sites (tertiary alicyclic amines) is 1. The highest BCUT2D eigenvalue weighted by Crippen LogP contribution is 2.11. The van der Waals surface area contributed by atoms with Crippen molar-refractivity contribution in [1.29, 1.82) is 5.26 Å². The highest BCUT2D eigenvalue weighted by atomic mass is 16.1. The van der Waals surface area contributed by atoms with Crippen LogP contribution in [0.3, 0.4) is 0 Å². The Bertz CT molecular complexity index is 277. The third kappa shape index (κ3) is 5.18. The molecule has 1 unspecified atom stereocenters. The van der Waals surface area contributed by atoms with E-state index in [2.05, 4.69) is 30.1 Å². The fraction of sp³-hybridized carbons (Fsp3) is 0.846. The third-order valence-corrected chi connectivity index (χ3v) is 3.48. The quantitative estimate of drug-likeness (QED) is 0.738. The summed E-state index contributed by atoms with van der Waals surface area (Å²) in [6.45, 7) is 6.56. The number of carbonyl (C=O) groups is 1. The van der Waals surface area contributed by atoms with E-state index < -0.39 is 0 Å². The molecule has 1 heterocycles. The lowest BCUT2D eigenvalue weighted by atomic mass is 10.0. The summed E-state index contributed by atoms with van der Waals surface area (Å²) in [5.41, 5.74) is 0. The van der Waals surface area contributed by atoms with Crippen LogP contribution in [0.2, 0.25) is 0 Å². The number of carbonyl (C=O) groups excluding carboxylic acids is 1. The van der Waals surface area contributed by atoms with Gasteiger partial charge in [0.2, 0.25) is 5.91 Å². The Kier molecular flexibility index (Phi) is 5.99. The predicted molar refractivity (Wildman–Crippen MR) is 67.3 cm³/mol. The maximum absolute atomic E-state index is 11.7. The van der Waals surface area contributed by atoms with Crippen LogP contribution in [0.4, 0.5) is 0 Å². The molecule has 0 aromatic heterocycles. The minimum Gasteiger partial charge on any atom is -0.353 e. The van der Waals surface area contributed by atoms with Gasteiger partial charge in [-0.25, -0.2) is 0 Å². The van der Waals surface area contributed by atoms with Crippen molar-refractivity contribution in [2.24, 2.45) is 5.92 Å². The molecular formula is C13H23N3O. The molecule has 1 rings (SSSR count). The molecule has 0 aliphatic carbocycles. The minimum absolute atomic E-state index is 0.179. The fourth-order valence-corrected chi connectivity index (χ4v) is 2.08. The summed E-state index contributed by atoms with van der Waals surface area (Å²) in [6, 6.07) is 2.47. The maximum Gasteiger partial charge on any atom is 0.220 e. The molecule has 1 amide bonds. The molecule has 0 aromatic rings. The van der Waals surface area contributed by atoms with Crippen LogP contribution in [0, 0.1) is 17.2 Å². The molecule has 0 aromatic carbocycles. The molecule has 17 heavy (non-hydrogen) atoms. The Balaban J connectivity index is 2.22. The van der Waals surface area contributed by atoms with E-state index in [0.717, 1.165) is 32.4 Å². The van der Waals surface area contributed by atoms with Crippen molar-refractivity contribution in [3.63, 3.8) is 0 Å². The van der Waals surface area contributed by atoms with Crippen LogP contribution in [0.25, 0.3) is 0 Å². The van der Waals surface area contributed by atoms with Gasteiger partial charge in [0, 0.05) is 25.6 Å². The number of amides is 1. The third-order valence-electron chi connectivity index (χ3n) is 3.48. The molecule has 96 valence electrons. The van der Waals surface area contributed by atoms with E-state index in [0.29, 0.717) is 24.9 Å². The second kappa shape index (κ2) is 7.29. The van der Waals surface area contributed by atoms with E-state index in [9.17, 15) is 4.79 Å². The van der Waals surface area contributed by atoms with Crippen LogP contribution >= 0.6 is 0 Å². The van der Waals surface area contributed by atoms with E-state index >= 15 is 0 Å². The molecule has 0 radical (unpaired) electrons. The number of hydrogen-bond donors (Lipinski definition) is 1. The Morgan fingerprint density at radius 3 is 2.71 bits per heavy atom. The lowest BCUT2D eigenvalue weighted by Gasteiger charge is -2.30. The van der Waals surface area contributed by atoms with Gasteiger partial charge in [-0.1, -0.05) is 20.3 Å². The number of nitrogens with one attached hydrogen (secondary N) is 1. The van der Waals surface area contributed by atoms with Gasteiger partial charge in [-0.3, -0.25) is 9.69 Å².